The third-order valence-electron chi connectivity index (χ3n) is 6.61. The molecule has 2 N–H and O–H groups in total. The Morgan fingerprint density at radius 1 is 1.09 bits per heavy atom. The van der Waals surface area contributed by atoms with Gasteiger partial charge >= 0.3 is 5.97 Å². The number of likely N-dealkylation sites (tertiary alicyclic amines) is 1. The van der Waals surface area contributed by atoms with Crippen LogP contribution in [0.4, 0.5) is 0 Å². The molecule has 35 heavy (non-hydrogen) atoms. The second kappa shape index (κ2) is 13.7. The molecule has 2 fully saturated rings. The zero-order valence-electron chi connectivity index (χ0n) is 20.7. The largest absolute Gasteiger partial charge is 0.482 e. The second-order valence-electron chi connectivity index (χ2n) is 8.96. The highest BCUT2D eigenvalue weighted by Crippen LogP contribution is 2.23. The predicted octanol–water partition coefficient (Wildman–Crippen LogP) is 2.18. The average molecular weight is 483 g/mol. The molecule has 2 heterocycles. The van der Waals surface area contributed by atoms with Gasteiger partial charge in [-0.25, -0.2) is 4.79 Å². The lowest BCUT2D eigenvalue weighted by Gasteiger charge is -2.38. The summed E-state index contributed by atoms with van der Waals surface area (Å²) in [5.74, 6) is 0.673. The van der Waals surface area contributed by atoms with Crippen molar-refractivity contribution < 1.29 is 19.1 Å². The smallest absolute Gasteiger partial charge is 0.343 e. The maximum Gasteiger partial charge on any atom is 0.343 e. The summed E-state index contributed by atoms with van der Waals surface area (Å²) in [5.41, 5.74) is 7.70. The molecule has 0 spiro atoms. The van der Waals surface area contributed by atoms with Crippen LogP contribution >= 0.6 is 0 Å². The highest BCUT2D eigenvalue weighted by atomic mass is 16.6. The fraction of sp³-hybridized carbons (Fsp3) is 0.481. The van der Waals surface area contributed by atoms with E-state index in [4.69, 9.17) is 10.5 Å². The molecule has 0 saturated carbocycles. The quantitative estimate of drug-likeness (QED) is 0.404. The molecular formula is C27H38N4O4. The van der Waals surface area contributed by atoms with Crippen molar-refractivity contribution in [3.8, 4) is 5.75 Å². The van der Waals surface area contributed by atoms with E-state index < -0.39 is 5.97 Å². The zero-order valence-corrected chi connectivity index (χ0v) is 20.7. The third kappa shape index (κ3) is 7.97. The predicted molar refractivity (Wildman–Crippen MR) is 137 cm³/mol. The molecule has 8 nitrogen and oxygen atoms in total. The monoisotopic (exact) mass is 482 g/mol. The first-order valence-electron chi connectivity index (χ1n) is 12.2. The lowest BCUT2D eigenvalue weighted by atomic mass is 9.94. The van der Waals surface area contributed by atoms with Crippen molar-refractivity contribution in [2.45, 2.75) is 19.4 Å². The van der Waals surface area contributed by atoms with Crippen LogP contribution in [0.3, 0.4) is 0 Å². The van der Waals surface area contributed by atoms with Gasteiger partial charge in [0.25, 0.3) is 0 Å². The number of hydrogen-bond acceptors (Lipinski definition) is 7. The van der Waals surface area contributed by atoms with Gasteiger partial charge in [0.05, 0.1) is 7.11 Å². The molecule has 1 amide bonds. The number of benzene rings is 1. The molecule has 3 rings (SSSR count). The van der Waals surface area contributed by atoms with Crippen LogP contribution in [0, 0.1) is 5.92 Å². The van der Waals surface area contributed by atoms with E-state index in [-0.39, 0.29) is 18.4 Å². The summed E-state index contributed by atoms with van der Waals surface area (Å²) in [6.07, 6.45) is 8.99. The Morgan fingerprint density at radius 2 is 1.80 bits per heavy atom. The molecule has 0 unspecified atom stereocenters. The van der Waals surface area contributed by atoms with E-state index in [0.717, 1.165) is 76.3 Å². The first-order valence-corrected chi connectivity index (χ1v) is 12.2. The molecule has 0 bridgehead atoms. The van der Waals surface area contributed by atoms with E-state index in [0.29, 0.717) is 5.75 Å². The first kappa shape index (κ1) is 26.5. The maximum absolute atomic E-state index is 13.2. The standard InChI is InChI=1S/C27H38N4O4/c1-3-6-22(9-12-28)19-29-13-10-23(11-14-29)27(33)31-17-15-30(16-18-31)20-24-7-4-5-8-25(24)35-21-26(32)34-2/h3-9,12,23H,1,10-11,13-21,28H2,2H3/b12-9-,22-6+. The van der Waals surface area contributed by atoms with E-state index in [1.807, 2.05) is 41.3 Å². The molecule has 190 valence electrons. The summed E-state index contributed by atoms with van der Waals surface area (Å²) >= 11 is 0. The van der Waals surface area contributed by atoms with Gasteiger partial charge in [-0.2, -0.15) is 0 Å². The van der Waals surface area contributed by atoms with Crippen molar-refractivity contribution in [1.82, 2.24) is 14.7 Å². The van der Waals surface area contributed by atoms with Crippen LogP contribution in [0.5, 0.6) is 5.75 Å². The molecule has 0 atom stereocenters. The van der Waals surface area contributed by atoms with Crippen LogP contribution in [-0.2, 0) is 20.9 Å². The summed E-state index contributed by atoms with van der Waals surface area (Å²) in [4.78, 5) is 31.3. The Morgan fingerprint density at radius 3 is 2.46 bits per heavy atom. The van der Waals surface area contributed by atoms with Gasteiger partial charge < -0.3 is 20.1 Å². The Balaban J connectivity index is 1.44. The number of carbonyl (C=O) groups is 2. The number of para-hydroxylation sites is 1. The molecule has 1 aromatic carbocycles. The van der Waals surface area contributed by atoms with Crippen LogP contribution < -0.4 is 10.5 Å². The molecular weight excluding hydrogens is 444 g/mol. The van der Waals surface area contributed by atoms with Crippen molar-refractivity contribution in [1.29, 1.82) is 0 Å². The molecule has 0 radical (unpaired) electrons. The number of rotatable bonds is 10. The molecule has 2 saturated heterocycles. The topological polar surface area (TPSA) is 88.3 Å². The highest BCUT2D eigenvalue weighted by molar-refractivity contribution is 5.79. The van der Waals surface area contributed by atoms with Gasteiger partial charge in [0.15, 0.2) is 6.61 Å². The van der Waals surface area contributed by atoms with Gasteiger partial charge in [0.1, 0.15) is 5.75 Å². The van der Waals surface area contributed by atoms with Crippen LogP contribution in [-0.4, -0.2) is 86.1 Å². The maximum atomic E-state index is 13.2. The van der Waals surface area contributed by atoms with Crippen molar-refractivity contribution in [3.63, 3.8) is 0 Å². The van der Waals surface area contributed by atoms with E-state index >= 15 is 0 Å². The summed E-state index contributed by atoms with van der Waals surface area (Å²) in [7, 11) is 1.35. The number of piperidine rings is 1. The van der Waals surface area contributed by atoms with E-state index in [9.17, 15) is 9.59 Å². The first-order chi connectivity index (χ1) is 17.0. The van der Waals surface area contributed by atoms with E-state index in [1.54, 1.807) is 12.3 Å². The molecule has 0 aromatic heterocycles. The van der Waals surface area contributed by atoms with Crippen LogP contribution in [0.25, 0.3) is 0 Å². The number of allylic oxidation sites excluding steroid dienone is 2. The van der Waals surface area contributed by atoms with Crippen LogP contribution in [0.2, 0.25) is 0 Å². The van der Waals surface area contributed by atoms with Crippen molar-refractivity contribution in [2.24, 2.45) is 11.7 Å². The summed E-state index contributed by atoms with van der Waals surface area (Å²) in [6.45, 7) is 10.1. The fourth-order valence-corrected chi connectivity index (χ4v) is 4.63. The molecule has 2 aliphatic heterocycles. The minimum atomic E-state index is -0.404. The van der Waals surface area contributed by atoms with Gasteiger partial charge in [-0.05, 0) is 49.8 Å². The number of esters is 1. The summed E-state index contributed by atoms with van der Waals surface area (Å²) in [5, 5.41) is 0. The number of ether oxygens (including phenoxy) is 2. The second-order valence-corrected chi connectivity index (χ2v) is 8.96. The summed E-state index contributed by atoms with van der Waals surface area (Å²) in [6, 6.07) is 7.74. The van der Waals surface area contributed by atoms with E-state index in [2.05, 4.69) is 21.1 Å². The fourth-order valence-electron chi connectivity index (χ4n) is 4.63. The number of nitrogens with two attached hydrogens (primary N) is 1. The van der Waals surface area contributed by atoms with Gasteiger partial charge in [0.2, 0.25) is 5.91 Å². The van der Waals surface area contributed by atoms with E-state index in [1.165, 1.54) is 7.11 Å². The number of nitrogens with zero attached hydrogens (tertiary/aromatic N) is 3. The zero-order chi connectivity index (χ0) is 25.0. The van der Waals surface area contributed by atoms with Gasteiger partial charge in [0, 0.05) is 50.7 Å². The minimum absolute atomic E-state index is 0.0992. The Labute approximate surface area is 208 Å². The SMILES string of the molecule is C=C/C=C(\C=C/N)CN1CCC(C(=O)N2CCN(Cc3ccccc3OCC(=O)OC)CC2)CC1. The van der Waals surface area contributed by atoms with Crippen molar-refractivity contribution >= 4 is 11.9 Å². The lowest BCUT2D eigenvalue weighted by Crippen LogP contribution is -2.51. The molecule has 8 heteroatoms. The van der Waals surface area contributed by atoms with Gasteiger partial charge in [-0.1, -0.05) is 36.9 Å². The van der Waals surface area contributed by atoms with Crippen LogP contribution in [0.15, 0.2) is 60.8 Å². The number of hydrogen-bond donors (Lipinski definition) is 1. The van der Waals surface area contributed by atoms with Crippen molar-refractivity contribution in [2.75, 3.05) is 59.5 Å². The highest BCUT2D eigenvalue weighted by Gasteiger charge is 2.30. The van der Waals surface area contributed by atoms with Gasteiger partial charge in [-0.15, -0.1) is 0 Å². The number of amides is 1. The summed E-state index contributed by atoms with van der Waals surface area (Å²) < 4.78 is 10.3. The molecule has 0 aliphatic carbocycles. The third-order valence-corrected chi connectivity index (χ3v) is 6.61. The molecule has 1 aromatic rings. The normalized spacial score (nSPS) is 18.5. The Bertz CT molecular complexity index is 914. The van der Waals surface area contributed by atoms with Crippen molar-refractivity contribution in [3.05, 3.63) is 66.4 Å². The number of carbonyl (C=O) groups excluding carboxylic acids is 2. The van der Waals surface area contributed by atoms with Crippen LogP contribution in [0.1, 0.15) is 18.4 Å². The number of methoxy groups -OCH3 is 1. The minimum Gasteiger partial charge on any atom is -0.482 e. The number of piperazine rings is 1. The average Bonchev–Trinajstić information content (AvgIpc) is 2.89. The lowest BCUT2D eigenvalue weighted by molar-refractivity contribution is -0.143. The Hall–Kier alpha value is -3.10. The Kier molecular flexibility index (Phi) is 10.4. The molecule has 2 aliphatic rings. The van der Waals surface area contributed by atoms with Gasteiger partial charge in [-0.3, -0.25) is 14.6 Å².